The van der Waals surface area contributed by atoms with Crippen LogP contribution in [0.1, 0.15) is 41.5 Å². The van der Waals surface area contributed by atoms with Crippen molar-refractivity contribution in [3.63, 3.8) is 0 Å². The van der Waals surface area contributed by atoms with E-state index in [0.29, 0.717) is 72.3 Å². The van der Waals surface area contributed by atoms with Gasteiger partial charge < -0.3 is 35.2 Å². The molecule has 40 heavy (non-hydrogen) atoms. The van der Waals surface area contributed by atoms with Gasteiger partial charge in [0.2, 0.25) is 0 Å². The summed E-state index contributed by atoms with van der Waals surface area (Å²) in [5.41, 5.74) is 2.79. The normalized spacial score (nSPS) is 16.8. The van der Waals surface area contributed by atoms with Gasteiger partial charge in [-0.2, -0.15) is 4.98 Å². The fourth-order valence-corrected chi connectivity index (χ4v) is 4.87. The number of carbonyl (C=O) groups excluding carboxylic acids is 1. The van der Waals surface area contributed by atoms with Crippen molar-refractivity contribution in [2.75, 3.05) is 48.4 Å². The first-order chi connectivity index (χ1) is 19.4. The molecule has 0 saturated carbocycles. The van der Waals surface area contributed by atoms with Crippen molar-refractivity contribution in [3.05, 3.63) is 71.5 Å². The number of carbonyl (C=O) groups is 1. The van der Waals surface area contributed by atoms with E-state index in [1.165, 1.54) is 0 Å². The Labute approximate surface area is 230 Å². The Kier molecular flexibility index (Phi) is 6.78. The highest BCUT2D eigenvalue weighted by atomic mass is 16.5. The van der Waals surface area contributed by atoms with Gasteiger partial charge >= 0.3 is 0 Å². The summed E-state index contributed by atoms with van der Waals surface area (Å²) in [6.45, 7) is 6.25. The number of rotatable bonds is 8. The highest BCUT2D eigenvalue weighted by Crippen LogP contribution is 2.34. The summed E-state index contributed by atoms with van der Waals surface area (Å²) < 4.78 is 11.1. The van der Waals surface area contributed by atoms with Crippen LogP contribution in [0.2, 0.25) is 0 Å². The number of hydrogen-bond donors (Lipinski definition) is 4. The zero-order chi connectivity index (χ0) is 27.7. The largest absolute Gasteiger partial charge is 0.394 e. The number of hydrogen-bond acceptors (Lipinski definition) is 11. The average Bonchev–Trinajstić information content (AvgIpc) is 3.55. The van der Waals surface area contributed by atoms with Crippen molar-refractivity contribution < 1.29 is 19.2 Å². The topological polar surface area (TPSA) is 151 Å². The van der Waals surface area contributed by atoms with Gasteiger partial charge in [0.05, 0.1) is 53.9 Å². The van der Waals surface area contributed by atoms with Crippen molar-refractivity contribution in [2.24, 2.45) is 0 Å². The number of pyridine rings is 2. The Balaban J connectivity index is 1.34. The first-order valence-corrected chi connectivity index (χ1v) is 13.1. The van der Waals surface area contributed by atoms with Crippen LogP contribution in [0.15, 0.2) is 59.3 Å². The van der Waals surface area contributed by atoms with Crippen LogP contribution < -0.4 is 20.9 Å². The molecule has 5 heterocycles. The van der Waals surface area contributed by atoms with E-state index in [1.807, 2.05) is 55.1 Å². The lowest BCUT2D eigenvalue weighted by Crippen LogP contribution is -2.36. The third-order valence-electron chi connectivity index (χ3n) is 6.97. The number of aliphatic hydroxyl groups is 1. The van der Waals surface area contributed by atoms with Gasteiger partial charge in [0.25, 0.3) is 17.7 Å². The van der Waals surface area contributed by atoms with E-state index in [2.05, 4.69) is 31.1 Å². The predicted octanol–water partition coefficient (Wildman–Crippen LogP) is 3.23. The molecule has 3 aromatic heterocycles. The standard InChI is InChI=1S/C28H30N8O4/c1-28(2)24-18(25(38)34-28)8-9-22(32-24)31-23-14-20(30-21(16-37)17-6-4-3-5-7-17)19(15-29-23)26-33-27(35-40-26)36-10-12-39-13-11-36/h3-9,14-15,21,37H,10-13,16H2,1-2H3,(H,34,38)(H2,29,30,31,32)/t21-/m1/s1. The minimum Gasteiger partial charge on any atom is -0.394 e. The maximum Gasteiger partial charge on any atom is 0.266 e. The molecule has 0 spiro atoms. The second kappa shape index (κ2) is 10.5. The molecule has 1 aromatic carbocycles. The third kappa shape index (κ3) is 5.06. The summed E-state index contributed by atoms with van der Waals surface area (Å²) in [6.07, 6.45) is 1.64. The predicted molar refractivity (Wildman–Crippen MR) is 148 cm³/mol. The van der Waals surface area contributed by atoms with Crippen molar-refractivity contribution in [2.45, 2.75) is 25.4 Å². The van der Waals surface area contributed by atoms with Gasteiger partial charge in [-0.25, -0.2) is 9.97 Å². The Bertz CT molecular complexity index is 1520. The molecular weight excluding hydrogens is 512 g/mol. The number of anilines is 4. The SMILES string of the molecule is CC1(C)NC(=O)c2ccc(Nc3cc(N[C@H](CO)c4ccccc4)c(-c4nc(N5CCOCC5)no4)cn3)nc21. The molecular formula is C28H30N8O4. The van der Waals surface area contributed by atoms with Gasteiger partial charge in [-0.15, -0.1) is 0 Å². The van der Waals surface area contributed by atoms with Crippen LogP contribution in [-0.4, -0.2) is 64.0 Å². The van der Waals surface area contributed by atoms with Gasteiger partial charge in [0, 0.05) is 25.4 Å². The Hall–Kier alpha value is -4.55. The molecule has 0 bridgehead atoms. The minimum absolute atomic E-state index is 0.139. The molecule has 6 rings (SSSR count). The second-order valence-electron chi connectivity index (χ2n) is 10.2. The minimum atomic E-state index is -0.575. The fourth-order valence-electron chi connectivity index (χ4n) is 4.87. The number of benzene rings is 1. The molecule has 0 aliphatic carbocycles. The molecule has 2 aliphatic heterocycles. The lowest BCUT2D eigenvalue weighted by Gasteiger charge is -2.24. The van der Waals surface area contributed by atoms with Crippen LogP contribution >= 0.6 is 0 Å². The fraction of sp³-hybridized carbons (Fsp3) is 0.321. The second-order valence-corrected chi connectivity index (χ2v) is 10.2. The van der Waals surface area contributed by atoms with Crippen LogP contribution in [0.3, 0.4) is 0 Å². The molecule has 1 atom stereocenters. The van der Waals surface area contributed by atoms with E-state index in [9.17, 15) is 9.90 Å². The molecule has 0 unspecified atom stereocenters. The first kappa shape index (κ1) is 25.7. The van der Waals surface area contributed by atoms with Gasteiger partial charge in [-0.3, -0.25) is 4.79 Å². The van der Waals surface area contributed by atoms with E-state index >= 15 is 0 Å². The summed E-state index contributed by atoms with van der Waals surface area (Å²) in [4.78, 5) is 28.2. The molecule has 12 heteroatoms. The maximum atomic E-state index is 12.3. The highest BCUT2D eigenvalue weighted by Gasteiger charge is 2.36. The molecule has 12 nitrogen and oxygen atoms in total. The zero-order valence-electron chi connectivity index (χ0n) is 22.2. The van der Waals surface area contributed by atoms with Gasteiger partial charge in [-0.05, 0) is 36.7 Å². The molecule has 1 fully saturated rings. The summed E-state index contributed by atoms with van der Waals surface area (Å²) in [7, 11) is 0. The number of nitrogens with zero attached hydrogens (tertiary/aromatic N) is 5. The number of aromatic nitrogens is 4. The van der Waals surface area contributed by atoms with E-state index in [0.717, 1.165) is 5.56 Å². The maximum absolute atomic E-state index is 12.3. The van der Waals surface area contributed by atoms with E-state index in [-0.39, 0.29) is 12.5 Å². The smallest absolute Gasteiger partial charge is 0.266 e. The van der Waals surface area contributed by atoms with Crippen LogP contribution in [0.5, 0.6) is 0 Å². The molecule has 2 aliphatic rings. The number of morpholine rings is 1. The number of nitrogens with one attached hydrogen (secondary N) is 3. The molecule has 4 aromatic rings. The van der Waals surface area contributed by atoms with Crippen LogP contribution in [-0.2, 0) is 10.3 Å². The molecule has 206 valence electrons. The Morgan fingerprint density at radius 2 is 1.88 bits per heavy atom. The zero-order valence-corrected chi connectivity index (χ0v) is 22.2. The summed E-state index contributed by atoms with van der Waals surface area (Å²) in [5.74, 6) is 1.70. The van der Waals surface area contributed by atoms with E-state index in [4.69, 9.17) is 14.2 Å². The molecule has 1 saturated heterocycles. The molecule has 4 N–H and O–H groups in total. The molecule has 1 amide bonds. The average molecular weight is 543 g/mol. The summed E-state index contributed by atoms with van der Waals surface area (Å²) in [5, 5.41) is 24.0. The van der Waals surface area contributed by atoms with Crippen LogP contribution in [0.25, 0.3) is 11.5 Å². The van der Waals surface area contributed by atoms with E-state index in [1.54, 1.807) is 18.3 Å². The lowest BCUT2D eigenvalue weighted by atomic mass is 10.0. The highest BCUT2D eigenvalue weighted by molar-refractivity contribution is 5.99. The van der Waals surface area contributed by atoms with E-state index < -0.39 is 11.6 Å². The van der Waals surface area contributed by atoms with Gasteiger partial charge in [0.1, 0.15) is 11.6 Å². The first-order valence-electron chi connectivity index (χ1n) is 13.1. The summed E-state index contributed by atoms with van der Waals surface area (Å²) >= 11 is 0. The number of amides is 1. The van der Waals surface area contributed by atoms with Crippen molar-refractivity contribution in [1.29, 1.82) is 0 Å². The van der Waals surface area contributed by atoms with Gasteiger partial charge in [-0.1, -0.05) is 30.3 Å². The number of fused-ring (bicyclic) bond motifs is 1. The van der Waals surface area contributed by atoms with Gasteiger partial charge in [0.15, 0.2) is 0 Å². The molecule has 0 radical (unpaired) electrons. The monoisotopic (exact) mass is 542 g/mol. The quantitative estimate of drug-likeness (QED) is 0.260. The lowest BCUT2D eigenvalue weighted by molar-refractivity contribution is 0.0940. The number of ether oxygens (including phenoxy) is 1. The number of aliphatic hydroxyl groups excluding tert-OH is 1. The Morgan fingerprint density at radius 1 is 1.07 bits per heavy atom. The Morgan fingerprint density at radius 3 is 2.65 bits per heavy atom. The third-order valence-corrected chi connectivity index (χ3v) is 6.97. The van der Waals surface area contributed by atoms with Crippen LogP contribution in [0, 0.1) is 0 Å². The van der Waals surface area contributed by atoms with Crippen LogP contribution in [0.4, 0.5) is 23.3 Å². The van der Waals surface area contributed by atoms with Crippen molar-refractivity contribution >= 4 is 29.2 Å². The summed E-state index contributed by atoms with van der Waals surface area (Å²) in [6, 6.07) is 14.6. The van der Waals surface area contributed by atoms with Crippen molar-refractivity contribution in [3.8, 4) is 11.5 Å². The van der Waals surface area contributed by atoms with Crippen molar-refractivity contribution in [1.82, 2.24) is 25.4 Å².